The lowest BCUT2D eigenvalue weighted by Gasteiger charge is -2.26. The molecule has 1 aliphatic heterocycles. The van der Waals surface area contributed by atoms with Crippen molar-refractivity contribution in [3.63, 3.8) is 0 Å². The second-order valence-electron chi connectivity index (χ2n) is 6.39. The number of hydrogen-bond donors (Lipinski definition) is 0. The van der Waals surface area contributed by atoms with E-state index in [9.17, 15) is 14.9 Å². The van der Waals surface area contributed by atoms with Crippen molar-refractivity contribution in [2.45, 2.75) is 20.3 Å². The summed E-state index contributed by atoms with van der Waals surface area (Å²) in [5.41, 5.74) is 3.51. The predicted octanol–water partition coefficient (Wildman–Crippen LogP) is 4.52. The average Bonchev–Trinajstić information content (AvgIpc) is 3.35. The van der Waals surface area contributed by atoms with Gasteiger partial charge in [-0.2, -0.15) is 5.26 Å². The van der Waals surface area contributed by atoms with Crippen molar-refractivity contribution in [3.8, 4) is 6.07 Å². The Morgan fingerprint density at radius 1 is 1.33 bits per heavy atom. The van der Waals surface area contributed by atoms with Crippen molar-refractivity contribution in [3.05, 3.63) is 60.5 Å². The van der Waals surface area contributed by atoms with E-state index in [4.69, 9.17) is 0 Å². The van der Waals surface area contributed by atoms with Gasteiger partial charge >= 0.3 is 0 Å². The molecule has 2 amide bonds. The monoisotopic (exact) mass is 392 g/mol. The van der Waals surface area contributed by atoms with Gasteiger partial charge in [0, 0.05) is 33.2 Å². The minimum absolute atomic E-state index is 0.0478. The van der Waals surface area contributed by atoms with Crippen LogP contribution in [0.2, 0.25) is 0 Å². The second-order valence-corrected chi connectivity index (χ2v) is 8.45. The van der Waals surface area contributed by atoms with E-state index in [-0.39, 0.29) is 18.0 Å². The number of thiophene rings is 2. The number of likely N-dealkylation sites (N-methyl/N-ethyl adjacent to an activating group) is 1. The number of fused-ring (bicyclic) bond motifs is 1. The molecule has 4 nitrogen and oxygen atoms in total. The van der Waals surface area contributed by atoms with Gasteiger partial charge in [-0.3, -0.25) is 14.5 Å². The van der Waals surface area contributed by atoms with Crippen molar-refractivity contribution >= 4 is 52.2 Å². The third kappa shape index (κ3) is 2.89. The topological polar surface area (TPSA) is 61.2 Å². The minimum atomic E-state index is -0.503. The molecular weight excluding hydrogens is 376 g/mol. The van der Waals surface area contributed by atoms with Gasteiger partial charge < -0.3 is 0 Å². The Morgan fingerprint density at radius 2 is 2.15 bits per heavy atom. The number of rotatable bonds is 3. The van der Waals surface area contributed by atoms with Crippen LogP contribution >= 0.6 is 22.7 Å². The molecule has 134 valence electrons. The molecule has 0 atom stereocenters. The lowest BCUT2D eigenvalue weighted by Crippen LogP contribution is -2.42. The van der Waals surface area contributed by atoms with Crippen LogP contribution in [-0.4, -0.2) is 23.3 Å². The molecular formula is C21H16N2O2S2. The van der Waals surface area contributed by atoms with Gasteiger partial charge in [0.25, 0.3) is 11.8 Å². The van der Waals surface area contributed by atoms with Crippen LogP contribution in [0.1, 0.15) is 34.0 Å². The van der Waals surface area contributed by atoms with Crippen molar-refractivity contribution < 1.29 is 9.59 Å². The van der Waals surface area contributed by atoms with E-state index in [0.29, 0.717) is 11.1 Å². The molecule has 2 aromatic heterocycles. The zero-order valence-electron chi connectivity index (χ0n) is 14.9. The van der Waals surface area contributed by atoms with Gasteiger partial charge in [-0.1, -0.05) is 6.07 Å². The van der Waals surface area contributed by atoms with Crippen LogP contribution in [0.4, 0.5) is 0 Å². The first-order chi connectivity index (χ1) is 13.0. The Hall–Kier alpha value is -2.75. The van der Waals surface area contributed by atoms with Crippen LogP contribution in [-0.2, 0) is 16.0 Å². The molecule has 0 fully saturated rings. The van der Waals surface area contributed by atoms with E-state index in [2.05, 4.69) is 29.7 Å². The first-order valence-corrected chi connectivity index (χ1v) is 10.3. The minimum Gasteiger partial charge on any atom is -0.274 e. The Kier molecular flexibility index (Phi) is 4.42. The second kappa shape index (κ2) is 6.76. The normalized spacial score (nSPS) is 18.2. The average molecular weight is 393 g/mol. The zero-order chi connectivity index (χ0) is 19.1. The maximum atomic E-state index is 12.7. The molecule has 3 heterocycles. The predicted molar refractivity (Wildman–Crippen MR) is 109 cm³/mol. The lowest BCUT2D eigenvalue weighted by atomic mass is 9.95. The fraction of sp³-hybridized carbons (Fsp3) is 0.190. The summed E-state index contributed by atoms with van der Waals surface area (Å²) in [6.07, 6.45) is 4.91. The molecule has 6 heteroatoms. The van der Waals surface area contributed by atoms with Crippen LogP contribution in [0.3, 0.4) is 0 Å². The summed E-state index contributed by atoms with van der Waals surface area (Å²) in [6.45, 7) is 3.66. The Bertz CT molecular complexity index is 1090. The Labute approximate surface area is 165 Å². The first kappa shape index (κ1) is 17.7. The number of nitriles is 1. The molecule has 0 radical (unpaired) electrons. The summed E-state index contributed by atoms with van der Waals surface area (Å²) in [7, 11) is 0. The van der Waals surface area contributed by atoms with E-state index < -0.39 is 5.91 Å². The summed E-state index contributed by atoms with van der Waals surface area (Å²) in [5, 5.41) is 11.4. The van der Waals surface area contributed by atoms with Crippen LogP contribution in [0, 0.1) is 11.3 Å². The van der Waals surface area contributed by atoms with Crippen molar-refractivity contribution in [1.29, 1.82) is 5.26 Å². The molecule has 1 aliphatic carbocycles. The molecule has 27 heavy (non-hydrogen) atoms. The number of nitrogens with zero attached hydrogens (tertiary/aromatic N) is 2. The van der Waals surface area contributed by atoms with E-state index in [1.807, 2.05) is 12.1 Å². The first-order valence-electron chi connectivity index (χ1n) is 8.59. The highest BCUT2D eigenvalue weighted by Crippen LogP contribution is 2.39. The van der Waals surface area contributed by atoms with E-state index in [0.717, 1.165) is 16.2 Å². The number of allylic oxidation sites excluding steroid dienone is 1. The van der Waals surface area contributed by atoms with E-state index in [1.54, 1.807) is 36.5 Å². The summed E-state index contributed by atoms with van der Waals surface area (Å²) >= 11 is 3.37. The molecule has 4 rings (SSSR count). The molecule has 2 aromatic rings. The Balaban J connectivity index is 1.72. The number of hydrogen-bond acceptors (Lipinski definition) is 5. The van der Waals surface area contributed by atoms with Gasteiger partial charge in [0.2, 0.25) is 0 Å². The van der Waals surface area contributed by atoms with Gasteiger partial charge in [-0.05, 0) is 60.2 Å². The SMILES string of the molecule is CCN1C(=O)C(C#N)=C(C)/C(=C/c2cc3c(s2)C=C(c2cccs2)C3)C1=O. The molecule has 0 saturated heterocycles. The highest BCUT2D eigenvalue weighted by molar-refractivity contribution is 7.14. The zero-order valence-corrected chi connectivity index (χ0v) is 16.5. The largest absolute Gasteiger partial charge is 0.274 e. The maximum Gasteiger partial charge on any atom is 0.271 e. The highest BCUT2D eigenvalue weighted by atomic mass is 32.1. The van der Waals surface area contributed by atoms with Gasteiger partial charge in [-0.15, -0.1) is 22.7 Å². The van der Waals surface area contributed by atoms with Gasteiger partial charge in [0.1, 0.15) is 11.6 Å². The highest BCUT2D eigenvalue weighted by Gasteiger charge is 2.34. The summed E-state index contributed by atoms with van der Waals surface area (Å²) in [4.78, 5) is 29.6. The Morgan fingerprint density at radius 3 is 2.78 bits per heavy atom. The summed E-state index contributed by atoms with van der Waals surface area (Å²) in [6, 6.07) is 8.24. The van der Waals surface area contributed by atoms with Crippen LogP contribution in [0.5, 0.6) is 0 Å². The molecule has 0 saturated carbocycles. The van der Waals surface area contributed by atoms with Gasteiger partial charge in [-0.25, -0.2) is 0 Å². The molecule has 0 bridgehead atoms. The van der Waals surface area contributed by atoms with Crippen LogP contribution in [0.15, 0.2) is 40.3 Å². The summed E-state index contributed by atoms with van der Waals surface area (Å²) in [5.74, 6) is -0.834. The van der Waals surface area contributed by atoms with Crippen LogP contribution in [0.25, 0.3) is 17.7 Å². The molecule has 2 aliphatic rings. The third-order valence-corrected chi connectivity index (χ3v) is 6.83. The maximum absolute atomic E-state index is 12.7. The lowest BCUT2D eigenvalue weighted by molar-refractivity contribution is -0.140. The molecule has 0 spiro atoms. The molecule has 0 aromatic carbocycles. The van der Waals surface area contributed by atoms with Crippen LogP contribution < -0.4 is 0 Å². The number of carbonyl (C=O) groups is 2. The number of imide groups is 1. The molecule has 0 unspecified atom stereocenters. The fourth-order valence-electron chi connectivity index (χ4n) is 3.39. The number of carbonyl (C=O) groups excluding carboxylic acids is 2. The summed E-state index contributed by atoms with van der Waals surface area (Å²) < 4.78 is 0. The number of amides is 2. The van der Waals surface area contributed by atoms with Gasteiger partial charge in [0.15, 0.2) is 0 Å². The third-order valence-electron chi connectivity index (χ3n) is 4.81. The quantitative estimate of drug-likeness (QED) is 0.570. The van der Waals surface area contributed by atoms with Crippen molar-refractivity contribution in [1.82, 2.24) is 4.90 Å². The molecule has 0 N–H and O–H groups in total. The van der Waals surface area contributed by atoms with Crippen molar-refractivity contribution in [2.75, 3.05) is 6.54 Å². The van der Waals surface area contributed by atoms with Crippen molar-refractivity contribution in [2.24, 2.45) is 0 Å². The smallest absolute Gasteiger partial charge is 0.271 e. The standard InChI is InChI=1S/C21H16N2O2S2/c1-3-23-20(24)16(12(2)17(11-22)21(23)25)10-15-8-13-7-14(9-19(13)27-15)18-5-4-6-26-18/h4-6,8-10H,3,7H2,1-2H3/b16-10-. The fourth-order valence-corrected chi connectivity index (χ4v) is 5.23. The van der Waals surface area contributed by atoms with Gasteiger partial charge in [0.05, 0.1) is 0 Å². The van der Waals surface area contributed by atoms with E-state index in [1.165, 1.54) is 20.9 Å². The van der Waals surface area contributed by atoms with E-state index >= 15 is 0 Å².